The van der Waals surface area contributed by atoms with Crippen molar-refractivity contribution in [2.24, 2.45) is 16.7 Å². The van der Waals surface area contributed by atoms with Gasteiger partial charge < -0.3 is 10.0 Å². The van der Waals surface area contributed by atoms with Crippen LogP contribution in [0.25, 0.3) is 16.9 Å². The number of imidazole rings is 1. The first-order valence-corrected chi connectivity index (χ1v) is 9.72. The van der Waals surface area contributed by atoms with E-state index in [1.165, 1.54) is 0 Å². The summed E-state index contributed by atoms with van der Waals surface area (Å²) < 4.78 is 1.92. The lowest BCUT2D eigenvalue weighted by Crippen LogP contribution is -2.54. The van der Waals surface area contributed by atoms with Crippen molar-refractivity contribution in [2.45, 2.75) is 20.3 Å². The van der Waals surface area contributed by atoms with Crippen LogP contribution in [0.2, 0.25) is 0 Å². The number of nitrogens with zero attached hydrogens (tertiary/aromatic N) is 4. The van der Waals surface area contributed by atoms with Crippen LogP contribution in [0, 0.1) is 16.7 Å². The fourth-order valence-corrected chi connectivity index (χ4v) is 5.47. The van der Waals surface area contributed by atoms with Gasteiger partial charge in [0.25, 0.3) is 5.91 Å². The number of carbonyl (C=O) groups is 1. The van der Waals surface area contributed by atoms with Gasteiger partial charge in [-0.25, -0.2) is 9.97 Å². The van der Waals surface area contributed by atoms with Gasteiger partial charge in [0, 0.05) is 30.4 Å². The minimum atomic E-state index is -0.133. The molecule has 0 bridgehead atoms. The van der Waals surface area contributed by atoms with Crippen LogP contribution in [-0.2, 0) is 0 Å². The highest BCUT2D eigenvalue weighted by atomic mass is 16.3. The second-order valence-corrected chi connectivity index (χ2v) is 8.94. The molecule has 144 valence electrons. The van der Waals surface area contributed by atoms with E-state index in [4.69, 9.17) is 0 Å². The fraction of sp³-hybridized carbons (Fsp3) is 0.409. The van der Waals surface area contributed by atoms with Gasteiger partial charge in [-0.1, -0.05) is 32.0 Å². The van der Waals surface area contributed by atoms with Gasteiger partial charge in [-0.3, -0.25) is 9.36 Å². The minimum Gasteiger partial charge on any atom is -0.396 e. The quantitative estimate of drug-likeness (QED) is 0.763. The molecule has 2 atom stereocenters. The first kappa shape index (κ1) is 17.4. The Morgan fingerprint density at radius 2 is 2.04 bits per heavy atom. The molecule has 0 radical (unpaired) electrons. The normalized spacial score (nSPS) is 25.5. The molecule has 2 aromatic heterocycles. The highest BCUT2D eigenvalue weighted by Crippen LogP contribution is 2.62. The molecule has 2 fully saturated rings. The van der Waals surface area contributed by atoms with E-state index in [0.717, 1.165) is 17.8 Å². The molecule has 1 amide bonds. The van der Waals surface area contributed by atoms with Crippen LogP contribution in [0.4, 0.5) is 0 Å². The van der Waals surface area contributed by atoms with Gasteiger partial charge in [0.1, 0.15) is 11.8 Å². The Hall–Kier alpha value is -2.73. The zero-order valence-electron chi connectivity index (χ0n) is 16.2. The number of benzene rings is 1. The summed E-state index contributed by atoms with van der Waals surface area (Å²) in [5.41, 5.74) is 3.02. The van der Waals surface area contributed by atoms with Crippen LogP contribution in [0.15, 0.2) is 48.9 Å². The number of fused-ring (bicyclic) bond motifs is 2. The third-order valence-corrected chi connectivity index (χ3v) is 6.67. The van der Waals surface area contributed by atoms with Crippen molar-refractivity contribution in [1.29, 1.82) is 0 Å². The molecule has 1 N–H and O–H groups in total. The Morgan fingerprint density at radius 3 is 2.71 bits per heavy atom. The first-order valence-electron chi connectivity index (χ1n) is 9.72. The monoisotopic (exact) mass is 376 g/mol. The molecule has 0 unspecified atom stereocenters. The molecule has 1 saturated heterocycles. The Labute approximate surface area is 163 Å². The number of carbonyl (C=O) groups excluding carboxylic acids is 1. The SMILES string of the molecule is CC1(C)C[C@]2(CO)CN(C(=O)c3cnc4c(c3)ncn4-c3ccccc3)C[C@H]12. The van der Waals surface area contributed by atoms with Crippen LogP contribution < -0.4 is 0 Å². The smallest absolute Gasteiger partial charge is 0.255 e. The molecule has 3 heterocycles. The van der Waals surface area contributed by atoms with Crippen molar-refractivity contribution in [3.05, 3.63) is 54.5 Å². The summed E-state index contributed by atoms with van der Waals surface area (Å²) in [5, 5.41) is 9.94. The average molecular weight is 376 g/mol. The van der Waals surface area contributed by atoms with E-state index in [0.29, 0.717) is 30.1 Å². The lowest BCUT2D eigenvalue weighted by Gasteiger charge is -2.55. The number of rotatable bonds is 3. The van der Waals surface area contributed by atoms with E-state index in [1.54, 1.807) is 12.5 Å². The van der Waals surface area contributed by atoms with E-state index in [1.807, 2.05) is 45.9 Å². The topological polar surface area (TPSA) is 71.2 Å². The van der Waals surface area contributed by atoms with Crippen molar-refractivity contribution >= 4 is 17.1 Å². The third kappa shape index (κ3) is 2.41. The van der Waals surface area contributed by atoms with Crippen molar-refractivity contribution in [3.8, 4) is 5.69 Å². The number of aromatic nitrogens is 3. The van der Waals surface area contributed by atoms with E-state index < -0.39 is 0 Å². The lowest BCUT2D eigenvalue weighted by molar-refractivity contribution is -0.0977. The molecule has 0 spiro atoms. The zero-order valence-corrected chi connectivity index (χ0v) is 16.2. The van der Waals surface area contributed by atoms with E-state index >= 15 is 0 Å². The maximum Gasteiger partial charge on any atom is 0.255 e. The van der Waals surface area contributed by atoms with Crippen LogP contribution >= 0.6 is 0 Å². The molecular formula is C22H24N4O2. The molecule has 2 aliphatic rings. The van der Waals surface area contributed by atoms with Crippen LogP contribution in [0.5, 0.6) is 0 Å². The summed E-state index contributed by atoms with van der Waals surface area (Å²) in [6.07, 6.45) is 4.34. The van der Waals surface area contributed by atoms with Crippen LogP contribution in [0.1, 0.15) is 30.6 Å². The van der Waals surface area contributed by atoms with Crippen molar-refractivity contribution in [1.82, 2.24) is 19.4 Å². The molecule has 28 heavy (non-hydrogen) atoms. The summed E-state index contributed by atoms with van der Waals surface area (Å²) >= 11 is 0. The van der Waals surface area contributed by atoms with Gasteiger partial charge >= 0.3 is 0 Å². The number of aliphatic hydroxyl groups excluding tert-OH is 1. The number of aliphatic hydroxyl groups is 1. The van der Waals surface area contributed by atoms with Crippen molar-refractivity contribution in [2.75, 3.05) is 19.7 Å². The highest BCUT2D eigenvalue weighted by Gasteiger charge is 2.63. The summed E-state index contributed by atoms with van der Waals surface area (Å²) in [4.78, 5) is 24.0. The number of likely N-dealkylation sites (tertiary alicyclic amines) is 1. The first-order chi connectivity index (χ1) is 13.4. The van der Waals surface area contributed by atoms with Gasteiger partial charge in [0.2, 0.25) is 0 Å². The molecule has 5 rings (SSSR count). The number of amides is 1. The summed E-state index contributed by atoms with van der Waals surface area (Å²) in [7, 11) is 0. The standard InChI is InChI=1S/C22H24N4O2/c1-21(2)11-22(13-27)12-25(10-18(21)22)20(28)15-8-17-19(23-9-15)26(14-24-17)16-6-4-3-5-7-16/h3-9,14,18,27H,10-13H2,1-2H3/t18-,22-/m1/s1. The lowest BCUT2D eigenvalue weighted by atomic mass is 9.48. The summed E-state index contributed by atoms with van der Waals surface area (Å²) in [6, 6.07) is 11.7. The molecule has 3 aromatic rings. The molecule has 1 aliphatic heterocycles. The fourth-order valence-electron chi connectivity index (χ4n) is 5.47. The Bertz CT molecular complexity index is 1060. The third-order valence-electron chi connectivity index (χ3n) is 6.67. The van der Waals surface area contributed by atoms with E-state index in [-0.39, 0.29) is 23.3 Å². The number of pyridine rings is 1. The second-order valence-electron chi connectivity index (χ2n) is 8.94. The number of hydrogen-bond acceptors (Lipinski definition) is 4. The zero-order chi connectivity index (χ0) is 19.5. The number of para-hydroxylation sites is 1. The van der Waals surface area contributed by atoms with E-state index in [9.17, 15) is 9.90 Å². The molecule has 1 aromatic carbocycles. The molecule has 1 aliphatic carbocycles. The predicted molar refractivity (Wildman–Crippen MR) is 106 cm³/mol. The minimum absolute atomic E-state index is 0.0262. The van der Waals surface area contributed by atoms with Gasteiger partial charge in [0.15, 0.2) is 5.65 Å². The van der Waals surface area contributed by atoms with Gasteiger partial charge in [-0.15, -0.1) is 0 Å². The molecule has 1 saturated carbocycles. The van der Waals surface area contributed by atoms with Gasteiger partial charge in [-0.2, -0.15) is 0 Å². The van der Waals surface area contributed by atoms with Crippen molar-refractivity contribution in [3.63, 3.8) is 0 Å². The van der Waals surface area contributed by atoms with Gasteiger partial charge in [0.05, 0.1) is 12.2 Å². The van der Waals surface area contributed by atoms with E-state index in [2.05, 4.69) is 23.8 Å². The number of hydrogen-bond donors (Lipinski definition) is 1. The second kappa shape index (κ2) is 5.88. The summed E-state index contributed by atoms with van der Waals surface area (Å²) in [6.45, 7) is 5.91. The van der Waals surface area contributed by atoms with Gasteiger partial charge in [-0.05, 0) is 36.0 Å². The van der Waals surface area contributed by atoms with Crippen molar-refractivity contribution < 1.29 is 9.90 Å². The molecule has 6 heteroatoms. The Balaban J connectivity index is 1.44. The largest absolute Gasteiger partial charge is 0.396 e. The van der Waals surface area contributed by atoms with Crippen LogP contribution in [-0.4, -0.2) is 50.1 Å². The Morgan fingerprint density at radius 1 is 1.25 bits per heavy atom. The van der Waals surface area contributed by atoms with Crippen LogP contribution in [0.3, 0.4) is 0 Å². The summed E-state index contributed by atoms with van der Waals surface area (Å²) in [5.74, 6) is 0.324. The maximum atomic E-state index is 13.1. The highest BCUT2D eigenvalue weighted by molar-refractivity contribution is 5.96. The molecular weight excluding hydrogens is 352 g/mol. The average Bonchev–Trinajstić information content (AvgIpc) is 3.27. The molecule has 6 nitrogen and oxygen atoms in total. The Kier molecular flexibility index (Phi) is 3.65. The maximum absolute atomic E-state index is 13.1. The predicted octanol–water partition coefficient (Wildman–Crippen LogP) is 2.90.